The molecule has 1 heterocycles. The average molecular weight is 969 g/mol. The first kappa shape index (κ1) is 63.1. The van der Waals surface area contributed by atoms with Crippen molar-refractivity contribution in [1.29, 1.82) is 0 Å². The van der Waals surface area contributed by atoms with Crippen molar-refractivity contribution >= 4 is 0 Å². The molecule has 0 atom stereocenters. The van der Waals surface area contributed by atoms with E-state index >= 15 is 0 Å². The molecule has 0 N–H and O–H groups in total. The Morgan fingerprint density at radius 3 is 0.121 bits per heavy atom. The van der Waals surface area contributed by atoms with Crippen molar-refractivity contribution in [3.05, 3.63) is 0 Å². The Bertz CT molecular complexity index is 460. The average Bonchev–Trinajstić information content (AvgIpc) is 3.33. The van der Waals surface area contributed by atoms with Gasteiger partial charge in [0, 0.05) is 0 Å². The first-order valence-corrected chi connectivity index (χ1v) is 23.7. The van der Waals surface area contributed by atoms with Gasteiger partial charge in [-0.05, 0) is 0 Å². The van der Waals surface area contributed by atoms with Gasteiger partial charge in [0.15, 0.2) is 0 Å². The monoisotopic (exact) mass is 969 g/mol. The van der Waals surface area contributed by atoms with E-state index in [2.05, 4.69) is 0 Å². The molecular weight excluding hydrogens is 880 g/mol. The predicted octanol–water partition coefficient (Wildman–Crippen LogP) is 0.365. The minimum absolute atomic E-state index is 0.493. The zero-order valence-electron chi connectivity index (χ0n) is 40.1. The van der Waals surface area contributed by atoms with E-state index in [1.54, 1.807) is 0 Å². The molecule has 0 amide bonds. The van der Waals surface area contributed by atoms with Gasteiger partial charge in [-0.25, -0.2) is 0 Å². The van der Waals surface area contributed by atoms with Crippen molar-refractivity contribution in [2.24, 2.45) is 0 Å². The van der Waals surface area contributed by atoms with Gasteiger partial charge in [-0.3, -0.25) is 0 Å². The van der Waals surface area contributed by atoms with Gasteiger partial charge in [-0.15, -0.1) is 0 Å². The maximum atomic E-state index is 5.51. The Balaban J connectivity index is 2.00. The Morgan fingerprint density at radius 2 is 0.0909 bits per heavy atom. The van der Waals surface area contributed by atoms with Crippen molar-refractivity contribution in [2.45, 2.75) is 0 Å². The fourth-order valence-corrected chi connectivity index (χ4v) is 4.84. The van der Waals surface area contributed by atoms with Crippen LogP contribution in [-0.2, 0) is 104 Å². The molecule has 1 rings (SSSR count). The molecule has 66 heavy (non-hydrogen) atoms. The van der Waals surface area contributed by atoms with Gasteiger partial charge in [-0.2, -0.15) is 0 Å². The third kappa shape index (κ3) is 57.4. The molecule has 0 aromatic carbocycles. The number of hydrogen-bond donors (Lipinski definition) is 0. The lowest BCUT2D eigenvalue weighted by molar-refractivity contribution is -0.0334. The Kier molecular flexibility index (Phi) is 57.6. The van der Waals surface area contributed by atoms with Crippen LogP contribution in [0.25, 0.3) is 0 Å². The Labute approximate surface area is 394 Å². The van der Waals surface area contributed by atoms with Gasteiger partial charge in [0.1, 0.15) is 0 Å². The van der Waals surface area contributed by atoms with Crippen LogP contribution in [0.3, 0.4) is 0 Å². The fourth-order valence-electron chi connectivity index (χ4n) is 4.84. The van der Waals surface area contributed by atoms with Crippen LogP contribution in [0.2, 0.25) is 0 Å². The molecule has 1 aliphatic heterocycles. The molecule has 1 saturated heterocycles. The highest BCUT2D eigenvalue weighted by molar-refractivity contribution is 4.42. The van der Waals surface area contributed by atoms with Gasteiger partial charge in [0.2, 0.25) is 0 Å². The van der Waals surface area contributed by atoms with Crippen molar-refractivity contribution in [3.63, 3.8) is 0 Å². The van der Waals surface area contributed by atoms with E-state index in [4.69, 9.17) is 104 Å². The van der Waals surface area contributed by atoms with Crippen LogP contribution in [0.5, 0.6) is 0 Å². The molecule has 0 aromatic rings. The quantitative estimate of drug-likeness (QED) is 0.322. The standard InChI is InChI=1S/C44H88O22/c1-2-46-5-6-48-9-10-50-13-14-52-17-18-54-21-22-56-25-26-58-29-30-60-33-34-62-37-38-64-41-42-66-44-43-65-40-39-63-36-35-61-32-31-59-28-27-57-24-23-55-20-19-53-16-15-51-12-11-49-8-7-47-4-3-45-1/h1-44H2. The van der Waals surface area contributed by atoms with E-state index in [0.29, 0.717) is 291 Å². The zero-order valence-corrected chi connectivity index (χ0v) is 40.1. The Hall–Kier alpha value is -0.880. The van der Waals surface area contributed by atoms with E-state index in [-0.39, 0.29) is 0 Å². The Morgan fingerprint density at radius 1 is 0.0606 bits per heavy atom. The first-order chi connectivity index (χ1) is 33.0. The summed E-state index contributed by atoms with van der Waals surface area (Å²) < 4.78 is 121. The third-order valence-electron chi connectivity index (χ3n) is 8.18. The number of ether oxygens (including phenoxy) is 22. The smallest absolute Gasteiger partial charge is 0.0701 e. The maximum absolute atomic E-state index is 5.51. The zero-order chi connectivity index (χ0) is 46.7. The molecule has 22 nitrogen and oxygen atoms in total. The summed E-state index contributed by atoms with van der Waals surface area (Å²) in [6, 6.07) is 0. The molecule has 0 saturated carbocycles. The van der Waals surface area contributed by atoms with E-state index in [1.807, 2.05) is 0 Å². The molecule has 22 heteroatoms. The van der Waals surface area contributed by atoms with Gasteiger partial charge >= 0.3 is 0 Å². The maximum Gasteiger partial charge on any atom is 0.0701 e. The van der Waals surface area contributed by atoms with Crippen molar-refractivity contribution < 1.29 is 104 Å². The molecular formula is C44H88O22. The molecule has 0 bridgehead atoms. The second-order valence-corrected chi connectivity index (χ2v) is 13.5. The topological polar surface area (TPSA) is 203 Å². The summed E-state index contributed by atoms with van der Waals surface area (Å²) in [4.78, 5) is 0. The molecule has 396 valence electrons. The minimum atomic E-state index is 0.493. The van der Waals surface area contributed by atoms with Gasteiger partial charge in [0.05, 0.1) is 291 Å². The normalized spacial score (nSPS) is 24.0. The van der Waals surface area contributed by atoms with Crippen LogP contribution in [-0.4, -0.2) is 291 Å². The number of rotatable bonds is 0. The molecule has 1 fully saturated rings. The largest absolute Gasteiger partial charge is 0.377 e. The highest BCUT2D eigenvalue weighted by Crippen LogP contribution is 1.91. The second kappa shape index (κ2) is 60.2. The van der Waals surface area contributed by atoms with Gasteiger partial charge in [0.25, 0.3) is 0 Å². The van der Waals surface area contributed by atoms with Crippen LogP contribution in [0, 0.1) is 0 Å². The summed E-state index contributed by atoms with van der Waals surface area (Å²) >= 11 is 0. The van der Waals surface area contributed by atoms with Crippen molar-refractivity contribution in [1.82, 2.24) is 0 Å². The summed E-state index contributed by atoms with van der Waals surface area (Å²) in [5.41, 5.74) is 0. The third-order valence-corrected chi connectivity index (χ3v) is 8.18. The first-order valence-electron chi connectivity index (χ1n) is 23.7. The van der Waals surface area contributed by atoms with Crippen LogP contribution in [0.15, 0.2) is 0 Å². The fraction of sp³-hybridized carbons (Fsp3) is 1.00. The summed E-state index contributed by atoms with van der Waals surface area (Å²) in [5, 5.41) is 0. The molecule has 0 aliphatic carbocycles. The predicted molar refractivity (Wildman–Crippen MR) is 238 cm³/mol. The van der Waals surface area contributed by atoms with E-state index in [9.17, 15) is 0 Å². The lowest BCUT2D eigenvalue weighted by Gasteiger charge is -2.09. The molecule has 1 aliphatic rings. The van der Waals surface area contributed by atoms with E-state index in [0.717, 1.165) is 0 Å². The lowest BCUT2D eigenvalue weighted by Crippen LogP contribution is -2.16. The second-order valence-electron chi connectivity index (χ2n) is 13.5. The van der Waals surface area contributed by atoms with Gasteiger partial charge < -0.3 is 104 Å². The summed E-state index contributed by atoms with van der Waals surface area (Å²) in [6.07, 6.45) is 0. The summed E-state index contributed by atoms with van der Waals surface area (Å²) in [5.74, 6) is 0. The molecule has 0 spiro atoms. The van der Waals surface area contributed by atoms with E-state index in [1.165, 1.54) is 0 Å². The summed E-state index contributed by atoms with van der Waals surface area (Å²) in [7, 11) is 0. The van der Waals surface area contributed by atoms with Crippen LogP contribution >= 0.6 is 0 Å². The van der Waals surface area contributed by atoms with Crippen LogP contribution in [0.4, 0.5) is 0 Å². The number of hydrogen-bond acceptors (Lipinski definition) is 22. The minimum Gasteiger partial charge on any atom is -0.377 e. The van der Waals surface area contributed by atoms with Crippen molar-refractivity contribution in [2.75, 3.05) is 291 Å². The molecule has 0 radical (unpaired) electrons. The van der Waals surface area contributed by atoms with Crippen LogP contribution < -0.4 is 0 Å². The highest BCUT2D eigenvalue weighted by atomic mass is 16.6. The molecule has 0 aromatic heterocycles. The molecule has 0 unspecified atom stereocenters. The summed E-state index contributed by atoms with van der Waals surface area (Å²) in [6.45, 7) is 21.7. The highest BCUT2D eigenvalue weighted by Gasteiger charge is 2.00. The lowest BCUT2D eigenvalue weighted by atomic mass is 10.6. The van der Waals surface area contributed by atoms with Crippen molar-refractivity contribution in [3.8, 4) is 0 Å². The van der Waals surface area contributed by atoms with Gasteiger partial charge in [-0.1, -0.05) is 0 Å². The SMILES string of the molecule is C1COCCOCCOCCOCCOCCOCCOCCOCCOCCOCCOCCOCCOCCOCCOCCOCCOCCOCCOCCOCCOCCO1. The van der Waals surface area contributed by atoms with Crippen LogP contribution in [0.1, 0.15) is 0 Å². The van der Waals surface area contributed by atoms with E-state index < -0.39 is 0 Å².